The second-order valence-corrected chi connectivity index (χ2v) is 28.0. The molecule has 1 aliphatic carbocycles. The van der Waals surface area contributed by atoms with Gasteiger partial charge in [-0.2, -0.15) is 0 Å². The summed E-state index contributed by atoms with van der Waals surface area (Å²) in [4.78, 5) is 40.3. The van der Waals surface area contributed by atoms with Crippen LogP contribution >= 0.6 is 0 Å². The first-order chi connectivity index (χ1) is 45.8. The maximum absolute atomic E-state index is 14.0. The third kappa shape index (κ3) is 38.0. The molecule has 0 aromatic heterocycles. The third-order valence-electron chi connectivity index (χ3n) is 19.2. The lowest BCUT2D eigenvalue weighted by Crippen LogP contribution is -2.48. The van der Waals surface area contributed by atoms with Crippen LogP contribution in [0.4, 0.5) is 4.79 Å². The predicted molar refractivity (Wildman–Crippen MR) is 391 cm³/mol. The van der Waals surface area contributed by atoms with E-state index in [4.69, 9.17) is 23.7 Å². The minimum absolute atomic E-state index is 0.0415. The number of alkyl carbamates (subject to hydrolysis) is 1. The molecule has 528 valence electrons. The molecule has 0 saturated heterocycles. The van der Waals surface area contributed by atoms with Gasteiger partial charge >= 0.3 is 12.1 Å². The quantitative estimate of drug-likeness (QED) is 0.0423. The van der Waals surface area contributed by atoms with Gasteiger partial charge in [-0.15, -0.1) is 0 Å². The van der Waals surface area contributed by atoms with E-state index in [2.05, 4.69) is 55.7 Å². The average Bonchev–Trinajstić information content (AvgIpc) is 1.65. The van der Waals surface area contributed by atoms with Crippen LogP contribution in [-0.4, -0.2) is 57.0 Å². The first-order valence-corrected chi connectivity index (χ1v) is 39.4. The summed E-state index contributed by atoms with van der Waals surface area (Å²) >= 11 is 0. The summed E-state index contributed by atoms with van der Waals surface area (Å²) in [5.74, 6) is 0.414. The Hall–Kier alpha value is -4.73. The Morgan fingerprint density at radius 1 is 0.398 bits per heavy atom. The van der Waals surface area contributed by atoms with Gasteiger partial charge < -0.3 is 34.3 Å². The molecule has 2 amide bonds. The number of esters is 1. The Kier molecular flexibility index (Phi) is 48.1. The molecule has 1 unspecified atom stereocenters. The standard InChI is InChI=1S/C83H138N2O8/c1-6-9-12-15-18-21-24-27-30-33-36-39-42-45-48-55-62-89-77-65-71(68-92-82(87)80(70(4)5)85-79(86)67-84-83(88)93-69-76-74-60-53-51-58-72(74)73-59-52-54-61-75(73)76)66-78(90-63-56-49-46-43-40-37-34-31-28-25-22-19-16-13-10-7-2)81(77)91-64-57-50-47-44-41-38-35-32-29-26-23-20-17-14-11-8-3/h51-54,58-61,65-66,70,76,80H,6-50,55-57,62-64,67-69H2,1-5H3,(H,84,88)(H,85,86). The van der Waals surface area contributed by atoms with Gasteiger partial charge in [0.2, 0.25) is 11.7 Å². The van der Waals surface area contributed by atoms with Gasteiger partial charge in [-0.1, -0.05) is 372 Å². The van der Waals surface area contributed by atoms with Crippen molar-refractivity contribution in [2.75, 3.05) is 33.0 Å². The van der Waals surface area contributed by atoms with Gasteiger partial charge in [0.1, 0.15) is 25.8 Å². The Labute approximate surface area is 569 Å². The third-order valence-corrected chi connectivity index (χ3v) is 19.2. The van der Waals surface area contributed by atoms with Crippen LogP contribution in [0, 0.1) is 5.92 Å². The van der Waals surface area contributed by atoms with E-state index in [-0.39, 0.29) is 31.6 Å². The van der Waals surface area contributed by atoms with Crippen molar-refractivity contribution in [3.05, 3.63) is 77.4 Å². The Morgan fingerprint density at radius 3 is 1.04 bits per heavy atom. The highest BCUT2D eigenvalue weighted by atomic mass is 16.6. The van der Waals surface area contributed by atoms with Crippen LogP contribution in [0.5, 0.6) is 17.2 Å². The van der Waals surface area contributed by atoms with Gasteiger partial charge in [0.05, 0.1) is 19.8 Å². The summed E-state index contributed by atoms with van der Waals surface area (Å²) in [6.45, 7) is 12.0. The lowest BCUT2D eigenvalue weighted by molar-refractivity contribution is -0.150. The highest BCUT2D eigenvalue weighted by Gasteiger charge is 2.30. The lowest BCUT2D eigenvalue weighted by atomic mass is 9.98. The van der Waals surface area contributed by atoms with Crippen LogP contribution < -0.4 is 24.8 Å². The molecule has 3 aromatic rings. The molecule has 1 aliphatic rings. The molecule has 0 heterocycles. The summed E-state index contributed by atoms with van der Waals surface area (Å²) in [7, 11) is 0. The van der Waals surface area contributed by atoms with Crippen LogP contribution in [0.25, 0.3) is 11.1 Å². The molecule has 10 heteroatoms. The second kappa shape index (κ2) is 55.4. The van der Waals surface area contributed by atoms with Crippen molar-refractivity contribution < 1.29 is 38.1 Å². The Morgan fingerprint density at radius 2 is 0.710 bits per heavy atom. The molecule has 4 rings (SSSR count). The van der Waals surface area contributed by atoms with Crippen molar-refractivity contribution in [3.8, 4) is 28.4 Å². The number of hydrogen-bond acceptors (Lipinski definition) is 8. The SMILES string of the molecule is CCCCCCCCCCCCCCCCCCOc1cc(COC(=O)C(NC(=O)CNC(=O)OCC2c3ccccc3-c3ccccc32)C(C)C)cc(OCCCCCCCCCCCCCCCCCC)c1OCCCCCCCCCCCCCCCCCC. The predicted octanol–water partition coefficient (Wildman–Crippen LogP) is 24.3. The number of fused-ring (bicyclic) bond motifs is 3. The van der Waals surface area contributed by atoms with Crippen molar-refractivity contribution >= 4 is 18.0 Å². The summed E-state index contributed by atoms with van der Waals surface area (Å²) in [5.41, 5.74) is 5.22. The fraction of sp³-hybridized carbons (Fsp3) is 0.747. The number of rotatable bonds is 63. The van der Waals surface area contributed by atoms with E-state index < -0.39 is 24.0 Å². The van der Waals surface area contributed by atoms with Gasteiger partial charge in [0.25, 0.3) is 0 Å². The highest BCUT2D eigenvalue weighted by molar-refractivity contribution is 5.87. The van der Waals surface area contributed by atoms with Gasteiger partial charge in [-0.25, -0.2) is 9.59 Å². The maximum Gasteiger partial charge on any atom is 0.407 e. The van der Waals surface area contributed by atoms with Crippen molar-refractivity contribution in [2.24, 2.45) is 5.92 Å². The zero-order chi connectivity index (χ0) is 66.3. The molecule has 0 radical (unpaired) electrons. The number of amides is 2. The number of nitrogens with one attached hydrogen (secondary N) is 2. The van der Waals surface area contributed by atoms with Crippen molar-refractivity contribution in [1.29, 1.82) is 0 Å². The van der Waals surface area contributed by atoms with Crippen molar-refractivity contribution in [2.45, 2.75) is 361 Å². The van der Waals surface area contributed by atoms with E-state index in [0.717, 1.165) is 66.3 Å². The van der Waals surface area contributed by atoms with Crippen LogP contribution in [0.2, 0.25) is 0 Å². The molecule has 0 fully saturated rings. The smallest absolute Gasteiger partial charge is 0.407 e. The molecule has 0 saturated carbocycles. The van der Waals surface area contributed by atoms with E-state index in [1.54, 1.807) is 0 Å². The molecule has 93 heavy (non-hydrogen) atoms. The molecule has 2 N–H and O–H groups in total. The zero-order valence-corrected chi connectivity index (χ0v) is 60.5. The number of carbonyl (C=O) groups excluding carboxylic acids is 3. The Bertz CT molecular complexity index is 2210. The van der Waals surface area contributed by atoms with Crippen molar-refractivity contribution in [3.63, 3.8) is 0 Å². The van der Waals surface area contributed by atoms with E-state index in [0.29, 0.717) is 37.1 Å². The first kappa shape index (κ1) is 80.7. The van der Waals surface area contributed by atoms with Crippen LogP contribution in [0.3, 0.4) is 0 Å². The minimum Gasteiger partial charge on any atom is -0.490 e. The molecule has 3 aromatic carbocycles. The number of hydrogen-bond donors (Lipinski definition) is 2. The van der Waals surface area contributed by atoms with Crippen LogP contribution in [0.15, 0.2) is 60.7 Å². The average molecular weight is 1290 g/mol. The fourth-order valence-electron chi connectivity index (χ4n) is 13.3. The molecule has 1 atom stereocenters. The van der Waals surface area contributed by atoms with Gasteiger partial charge in [-0.3, -0.25) is 4.79 Å². The van der Waals surface area contributed by atoms with E-state index in [9.17, 15) is 14.4 Å². The number of ether oxygens (including phenoxy) is 5. The van der Waals surface area contributed by atoms with Gasteiger partial charge in [-0.05, 0) is 65.1 Å². The number of unbranched alkanes of at least 4 members (excludes halogenated alkanes) is 45. The normalized spacial score (nSPS) is 12.2. The molecule has 10 nitrogen and oxygen atoms in total. The topological polar surface area (TPSA) is 121 Å². The molecular weight excluding hydrogens is 1150 g/mol. The first-order valence-electron chi connectivity index (χ1n) is 39.4. The zero-order valence-electron chi connectivity index (χ0n) is 60.5. The van der Waals surface area contributed by atoms with Crippen LogP contribution in [0.1, 0.15) is 365 Å². The lowest BCUT2D eigenvalue weighted by Gasteiger charge is -2.22. The van der Waals surface area contributed by atoms with E-state index in [1.165, 1.54) is 270 Å². The maximum atomic E-state index is 14.0. The largest absolute Gasteiger partial charge is 0.490 e. The molecular formula is C83H138N2O8. The van der Waals surface area contributed by atoms with Gasteiger partial charge in [0, 0.05) is 5.92 Å². The highest BCUT2D eigenvalue weighted by Crippen LogP contribution is 2.45. The summed E-state index contributed by atoms with van der Waals surface area (Å²) < 4.78 is 31.8. The fourth-order valence-corrected chi connectivity index (χ4v) is 13.3. The molecule has 0 bridgehead atoms. The van der Waals surface area contributed by atoms with Gasteiger partial charge in [0.15, 0.2) is 11.5 Å². The molecule has 0 spiro atoms. The van der Waals surface area contributed by atoms with Crippen molar-refractivity contribution in [1.82, 2.24) is 10.6 Å². The summed E-state index contributed by atoms with van der Waals surface area (Å²) in [5, 5.41) is 5.42. The van der Waals surface area contributed by atoms with Crippen LogP contribution in [-0.2, 0) is 25.7 Å². The number of benzene rings is 3. The van der Waals surface area contributed by atoms with E-state index >= 15 is 0 Å². The minimum atomic E-state index is -0.944. The summed E-state index contributed by atoms with van der Waals surface area (Å²) in [6, 6.07) is 19.3. The Balaban J connectivity index is 1.33. The van der Waals surface area contributed by atoms with E-state index in [1.807, 2.05) is 50.2 Å². The summed E-state index contributed by atoms with van der Waals surface area (Å²) in [6.07, 6.45) is 62.3. The molecule has 0 aliphatic heterocycles. The number of carbonyl (C=O) groups is 3. The second-order valence-electron chi connectivity index (χ2n) is 28.0. The monoisotopic (exact) mass is 1290 g/mol.